The summed E-state index contributed by atoms with van der Waals surface area (Å²) < 4.78 is 11.4. The van der Waals surface area contributed by atoms with Crippen molar-refractivity contribution in [1.29, 1.82) is 0 Å². The molecule has 318 valence electrons. The van der Waals surface area contributed by atoms with Gasteiger partial charge >= 0.3 is 5.97 Å². The molecule has 15 nitrogen and oxygen atoms in total. The van der Waals surface area contributed by atoms with Gasteiger partial charge in [0.15, 0.2) is 0 Å². The second-order valence-corrected chi connectivity index (χ2v) is 15.2. The highest BCUT2D eigenvalue weighted by Gasteiger charge is 2.38. The van der Waals surface area contributed by atoms with E-state index in [0.29, 0.717) is 29.7 Å². The minimum absolute atomic E-state index is 0.0166. The summed E-state index contributed by atoms with van der Waals surface area (Å²) in [4.78, 5) is 79.9. The monoisotopic (exact) mass is 807 g/mol. The number of aliphatic hydroxyl groups is 2. The quantitative estimate of drug-likeness (QED) is 0.115. The fourth-order valence-corrected chi connectivity index (χ4v) is 6.64. The Morgan fingerprint density at radius 3 is 2.50 bits per heavy atom. The molecule has 4 amide bonds. The first kappa shape index (κ1) is 47.3. The van der Waals surface area contributed by atoms with Crippen molar-refractivity contribution in [3.8, 4) is 5.75 Å². The largest absolute Gasteiger partial charge is 0.497 e. The van der Waals surface area contributed by atoms with Gasteiger partial charge in [0.25, 0.3) is 5.91 Å². The number of fused-ring (bicyclic) bond motifs is 2. The van der Waals surface area contributed by atoms with Crippen LogP contribution in [0.4, 0.5) is 0 Å². The van der Waals surface area contributed by atoms with Crippen molar-refractivity contribution in [3.05, 3.63) is 77.9 Å². The maximum atomic E-state index is 14.4. The normalized spacial score (nSPS) is 27.3. The van der Waals surface area contributed by atoms with E-state index in [2.05, 4.69) is 21.4 Å². The molecule has 2 bridgehead atoms. The van der Waals surface area contributed by atoms with Crippen LogP contribution in [0.5, 0.6) is 5.75 Å². The molecule has 0 spiro atoms. The zero-order chi connectivity index (χ0) is 42.9. The SMILES string of the molecule is CNC(=O)C=CC=C(C)[C@@H]1CC=CC=C[C@H](O)[C@H](C)[C@@H](O)[C@@H](CCC(C)=O)C(=O)N[C@@H](C(C)C)C(=O)N[C@@H](Cc2cccc(OC)c2)C(=O)N2CCCC(N2)C(=O)O1. The van der Waals surface area contributed by atoms with Crippen molar-refractivity contribution in [2.45, 2.75) is 110 Å². The molecule has 1 aromatic rings. The van der Waals surface area contributed by atoms with Gasteiger partial charge in [0.05, 0.1) is 25.2 Å². The van der Waals surface area contributed by atoms with Gasteiger partial charge in [0.1, 0.15) is 35.8 Å². The molecule has 0 aromatic heterocycles. The number of hydrogen-bond donors (Lipinski definition) is 6. The van der Waals surface area contributed by atoms with Crippen LogP contribution in [0.25, 0.3) is 0 Å². The second-order valence-electron chi connectivity index (χ2n) is 15.2. The van der Waals surface area contributed by atoms with Crippen molar-refractivity contribution in [2.24, 2.45) is 17.8 Å². The number of methoxy groups -OCH3 is 1. The molecule has 2 aliphatic heterocycles. The number of hydrazine groups is 1. The Labute approximate surface area is 341 Å². The number of hydrogen-bond acceptors (Lipinski definition) is 11. The lowest BCUT2D eigenvalue weighted by molar-refractivity contribution is -0.156. The van der Waals surface area contributed by atoms with Crippen molar-refractivity contribution >= 4 is 35.4 Å². The van der Waals surface area contributed by atoms with Crippen LogP contribution in [0, 0.1) is 17.8 Å². The van der Waals surface area contributed by atoms with Crippen LogP contribution < -0.4 is 26.1 Å². The number of likely N-dealkylation sites (N-methyl/N-ethyl adjacent to an activating group) is 1. The minimum atomic E-state index is -1.41. The molecule has 2 heterocycles. The Morgan fingerprint density at radius 2 is 1.83 bits per heavy atom. The van der Waals surface area contributed by atoms with Crippen molar-refractivity contribution in [1.82, 2.24) is 26.4 Å². The lowest BCUT2D eigenvalue weighted by atomic mass is 9.84. The average Bonchev–Trinajstić information content (AvgIpc) is 3.20. The first-order valence-corrected chi connectivity index (χ1v) is 19.8. The molecule has 1 aromatic carbocycles. The van der Waals surface area contributed by atoms with Gasteiger partial charge in [0, 0.05) is 44.8 Å². The summed E-state index contributed by atoms with van der Waals surface area (Å²) >= 11 is 0. The zero-order valence-electron chi connectivity index (χ0n) is 34.6. The second kappa shape index (κ2) is 23.3. The molecule has 0 saturated carbocycles. The number of aliphatic hydroxyl groups excluding tert-OH is 2. The number of nitrogens with zero attached hydrogens (tertiary/aromatic N) is 1. The number of ether oxygens (including phenoxy) is 2. The highest BCUT2D eigenvalue weighted by atomic mass is 16.5. The van der Waals surface area contributed by atoms with Crippen LogP contribution in [0.3, 0.4) is 0 Å². The Bertz CT molecular complexity index is 1720. The van der Waals surface area contributed by atoms with Gasteiger partial charge in [-0.15, -0.1) is 0 Å². The topological polar surface area (TPSA) is 213 Å². The molecule has 8 atom stereocenters. The molecular formula is C43H61N5O10. The Hall–Kier alpha value is -5.12. The van der Waals surface area contributed by atoms with Gasteiger partial charge in [-0.3, -0.25) is 29.0 Å². The van der Waals surface area contributed by atoms with Crippen LogP contribution in [-0.2, 0) is 39.9 Å². The number of allylic oxidation sites excluding steroid dienone is 4. The van der Waals surface area contributed by atoms with Crippen LogP contribution in [0.15, 0.2) is 72.4 Å². The van der Waals surface area contributed by atoms with Gasteiger partial charge in [-0.25, -0.2) is 5.43 Å². The van der Waals surface area contributed by atoms with Crippen LogP contribution in [-0.4, -0.2) is 108 Å². The third kappa shape index (κ3) is 14.4. The van der Waals surface area contributed by atoms with Crippen molar-refractivity contribution in [3.63, 3.8) is 0 Å². The van der Waals surface area contributed by atoms with E-state index in [1.807, 2.05) is 0 Å². The number of esters is 1. The number of carbonyl (C=O) groups excluding carboxylic acids is 6. The number of carbonyl (C=O) groups is 6. The molecule has 2 aliphatic rings. The number of nitrogens with one attached hydrogen (secondary N) is 4. The minimum Gasteiger partial charge on any atom is -0.497 e. The Kier molecular flexibility index (Phi) is 19.0. The molecular weight excluding hydrogens is 746 g/mol. The first-order chi connectivity index (χ1) is 27.6. The molecule has 15 heteroatoms. The molecule has 0 aliphatic carbocycles. The predicted octanol–water partition coefficient (Wildman–Crippen LogP) is 2.38. The van der Waals surface area contributed by atoms with Gasteiger partial charge in [-0.05, 0) is 62.3 Å². The van der Waals surface area contributed by atoms with Gasteiger partial charge in [-0.1, -0.05) is 69.4 Å². The number of cyclic esters (lactones) is 1. The highest BCUT2D eigenvalue weighted by molar-refractivity contribution is 5.93. The van der Waals surface area contributed by atoms with E-state index in [1.165, 1.54) is 38.2 Å². The number of ketones is 1. The van der Waals surface area contributed by atoms with Crippen LogP contribution >= 0.6 is 0 Å². The van der Waals surface area contributed by atoms with E-state index in [4.69, 9.17) is 9.47 Å². The lowest BCUT2D eigenvalue weighted by Crippen LogP contribution is -2.62. The van der Waals surface area contributed by atoms with E-state index in [0.717, 1.165) is 0 Å². The number of rotatable bonds is 10. The highest BCUT2D eigenvalue weighted by Crippen LogP contribution is 2.24. The van der Waals surface area contributed by atoms with E-state index >= 15 is 0 Å². The molecule has 1 unspecified atom stereocenters. The maximum absolute atomic E-state index is 14.4. The number of Topliss-reactive ketones (excluding diaryl/α,β-unsaturated/α-hetero) is 1. The first-order valence-electron chi connectivity index (χ1n) is 19.8. The summed E-state index contributed by atoms with van der Waals surface area (Å²) in [5.41, 5.74) is 4.33. The fourth-order valence-electron chi connectivity index (χ4n) is 6.64. The summed E-state index contributed by atoms with van der Waals surface area (Å²) in [7, 11) is 3.02. The van der Waals surface area contributed by atoms with Gasteiger partial charge in [-0.2, -0.15) is 0 Å². The zero-order valence-corrected chi connectivity index (χ0v) is 34.6. The fraction of sp³-hybridized carbons (Fsp3) is 0.535. The maximum Gasteiger partial charge on any atom is 0.325 e. The van der Waals surface area contributed by atoms with Gasteiger partial charge < -0.3 is 40.4 Å². The van der Waals surface area contributed by atoms with Crippen molar-refractivity contribution < 1.29 is 48.5 Å². The number of benzene rings is 1. The predicted molar refractivity (Wildman–Crippen MR) is 218 cm³/mol. The molecule has 3 rings (SSSR count). The van der Waals surface area contributed by atoms with Crippen molar-refractivity contribution in [2.75, 3.05) is 20.7 Å². The van der Waals surface area contributed by atoms with Gasteiger partial charge in [0.2, 0.25) is 17.7 Å². The molecule has 58 heavy (non-hydrogen) atoms. The molecule has 1 saturated heterocycles. The molecule has 6 N–H and O–H groups in total. The van der Waals surface area contributed by atoms with E-state index < -0.39 is 77.9 Å². The summed E-state index contributed by atoms with van der Waals surface area (Å²) in [6.07, 6.45) is 8.60. The Balaban J connectivity index is 2.09. The average molecular weight is 808 g/mol. The smallest absolute Gasteiger partial charge is 0.325 e. The third-order valence-electron chi connectivity index (χ3n) is 10.3. The number of amides is 4. The summed E-state index contributed by atoms with van der Waals surface area (Å²) in [6, 6.07) is 3.83. The molecule has 0 radical (unpaired) electrons. The molecule has 1 fully saturated rings. The summed E-state index contributed by atoms with van der Waals surface area (Å²) in [6.45, 7) is 8.40. The third-order valence-corrected chi connectivity index (χ3v) is 10.3. The van der Waals surface area contributed by atoms with E-state index in [9.17, 15) is 39.0 Å². The Morgan fingerprint density at radius 1 is 1.09 bits per heavy atom. The standard InChI is InChI=1S/C43H61N5O10/c1-26(2)38-41(54)45-34(25-30-15-12-16-31(24-30)57-7)42(55)48-23-13-17-33(47-48)43(56)58-36(27(3)14-11-20-37(51)44-6)19-10-8-9-18-35(50)29(5)39(52)32(40(53)46-38)22-21-28(4)49/h8-12,14-16,18,20,24,26,29,32-36,38-39,47,50,52H,13,17,19,21-23,25H2,1-7H3,(H,44,51)(H,45,54)(H,46,53)/t29-,32+,33?,34-,35-,36-,38-,39+/m0/s1. The summed E-state index contributed by atoms with van der Waals surface area (Å²) in [5.74, 6) is -4.92. The van der Waals surface area contributed by atoms with Crippen LogP contribution in [0.2, 0.25) is 0 Å². The lowest BCUT2D eigenvalue weighted by Gasteiger charge is -2.36. The van der Waals surface area contributed by atoms with E-state index in [1.54, 1.807) is 82.3 Å². The summed E-state index contributed by atoms with van der Waals surface area (Å²) in [5, 5.41) is 31.9. The van der Waals surface area contributed by atoms with Crippen LogP contribution in [0.1, 0.15) is 72.3 Å². The van der Waals surface area contributed by atoms with E-state index in [-0.39, 0.29) is 43.9 Å².